The molecule has 0 unspecified atom stereocenters. The number of carbonyl (C=O) groups excluding carboxylic acids is 1. The Morgan fingerprint density at radius 2 is 1.82 bits per heavy atom. The number of aliphatic hydroxyl groups is 1. The van der Waals surface area contributed by atoms with Gasteiger partial charge in [0.05, 0.1) is 29.7 Å². The van der Waals surface area contributed by atoms with Gasteiger partial charge in [-0.05, 0) is 37.3 Å². The Labute approximate surface area is 196 Å². The Bertz CT molecular complexity index is 1070. The van der Waals surface area contributed by atoms with Crippen molar-refractivity contribution in [2.75, 3.05) is 45.7 Å². The summed E-state index contributed by atoms with van der Waals surface area (Å²) in [4.78, 5) is 17.1. The number of sulfonamides is 1. The van der Waals surface area contributed by atoms with E-state index in [2.05, 4.69) is 0 Å². The Morgan fingerprint density at radius 3 is 2.42 bits per heavy atom. The van der Waals surface area contributed by atoms with Gasteiger partial charge in [-0.1, -0.05) is 25.1 Å². The van der Waals surface area contributed by atoms with Crippen molar-refractivity contribution in [2.45, 2.75) is 30.9 Å². The van der Waals surface area contributed by atoms with Gasteiger partial charge in [-0.15, -0.1) is 0 Å². The number of hydrogen-bond acceptors (Lipinski definition) is 6. The van der Waals surface area contributed by atoms with Crippen molar-refractivity contribution in [3.63, 3.8) is 0 Å². The highest BCUT2D eigenvalue weighted by molar-refractivity contribution is 7.89. The van der Waals surface area contributed by atoms with Gasteiger partial charge >= 0.3 is 0 Å². The lowest BCUT2D eigenvalue weighted by Crippen LogP contribution is -2.50. The number of anilines is 1. The average Bonchev–Trinajstić information content (AvgIpc) is 2.80. The number of benzene rings is 2. The zero-order chi connectivity index (χ0) is 24.3. The number of fused-ring (bicyclic) bond motifs is 1. The molecule has 9 heteroatoms. The molecule has 0 saturated carbocycles. The third-order valence-corrected chi connectivity index (χ3v) is 7.89. The summed E-state index contributed by atoms with van der Waals surface area (Å²) < 4.78 is 33.7. The van der Waals surface area contributed by atoms with E-state index >= 15 is 0 Å². The van der Waals surface area contributed by atoms with E-state index in [4.69, 9.17) is 4.74 Å². The molecule has 2 aromatic carbocycles. The molecule has 0 radical (unpaired) electrons. The average molecular weight is 476 g/mol. The monoisotopic (exact) mass is 475 g/mol. The van der Waals surface area contributed by atoms with Crippen molar-refractivity contribution in [1.82, 2.24) is 9.21 Å². The molecule has 1 N–H and O–H groups in total. The molecule has 1 aliphatic heterocycles. The number of carbonyl (C=O) groups is 1. The van der Waals surface area contributed by atoms with Gasteiger partial charge in [-0.3, -0.25) is 4.79 Å². The van der Waals surface area contributed by atoms with Crippen molar-refractivity contribution in [2.24, 2.45) is 5.92 Å². The first-order chi connectivity index (χ1) is 15.6. The standard InChI is InChI=1S/C24H33N3O5S/c1-17-14-27(18(2)16-28)24(29)21-13-19(25(3)4)11-12-22(21)32-23(17)15-26(5)33(30,31)20-9-7-6-8-10-20/h6-13,17-18,23,28H,14-16H2,1-5H3/t17-,18-,23+/m1/s1. The third-order valence-electron chi connectivity index (χ3n) is 6.05. The fourth-order valence-electron chi connectivity index (χ4n) is 3.83. The minimum atomic E-state index is -3.70. The van der Waals surface area contributed by atoms with Gasteiger partial charge in [-0.2, -0.15) is 4.31 Å². The molecule has 0 bridgehead atoms. The molecular weight excluding hydrogens is 442 g/mol. The second-order valence-corrected chi connectivity index (χ2v) is 10.8. The summed E-state index contributed by atoms with van der Waals surface area (Å²) in [6, 6.07) is 13.3. The van der Waals surface area contributed by atoms with Crippen molar-refractivity contribution in [1.29, 1.82) is 0 Å². The van der Waals surface area contributed by atoms with E-state index in [1.165, 1.54) is 11.4 Å². The molecule has 0 aromatic heterocycles. The molecule has 0 fully saturated rings. The predicted octanol–water partition coefficient (Wildman–Crippen LogP) is 2.29. The number of ether oxygens (including phenoxy) is 1. The summed E-state index contributed by atoms with van der Waals surface area (Å²) in [5.41, 5.74) is 1.24. The van der Waals surface area contributed by atoms with E-state index in [9.17, 15) is 18.3 Å². The van der Waals surface area contributed by atoms with Gasteiger partial charge in [0.25, 0.3) is 5.91 Å². The SMILES string of the molecule is C[C@@H]1CN([C@H](C)CO)C(=O)c2cc(N(C)C)ccc2O[C@H]1CN(C)S(=O)(=O)c1ccccc1. The number of nitrogens with zero attached hydrogens (tertiary/aromatic N) is 3. The second kappa shape index (κ2) is 10.1. The summed E-state index contributed by atoms with van der Waals surface area (Å²) in [5.74, 6) is 0.00617. The molecular formula is C24H33N3O5S. The van der Waals surface area contributed by atoms with Crippen molar-refractivity contribution < 1.29 is 23.1 Å². The quantitative estimate of drug-likeness (QED) is 0.661. The lowest BCUT2D eigenvalue weighted by molar-refractivity contribution is 0.0387. The van der Waals surface area contributed by atoms with Crippen LogP contribution in [0.2, 0.25) is 0 Å². The summed E-state index contributed by atoms with van der Waals surface area (Å²) >= 11 is 0. The van der Waals surface area contributed by atoms with Gasteiger partial charge in [-0.25, -0.2) is 8.42 Å². The summed E-state index contributed by atoms with van der Waals surface area (Å²) in [6.07, 6.45) is -0.501. The highest BCUT2D eigenvalue weighted by Gasteiger charge is 2.35. The van der Waals surface area contributed by atoms with Gasteiger partial charge in [0.15, 0.2) is 0 Å². The summed E-state index contributed by atoms with van der Waals surface area (Å²) in [5, 5.41) is 9.77. The fourth-order valence-corrected chi connectivity index (χ4v) is 5.03. The molecule has 8 nitrogen and oxygen atoms in total. The van der Waals surface area contributed by atoms with E-state index in [1.54, 1.807) is 54.3 Å². The summed E-state index contributed by atoms with van der Waals surface area (Å²) in [6.45, 7) is 3.99. The fraction of sp³-hybridized carbons (Fsp3) is 0.458. The maximum Gasteiger partial charge on any atom is 0.258 e. The van der Waals surface area contributed by atoms with Gasteiger partial charge in [0.1, 0.15) is 11.9 Å². The topological polar surface area (TPSA) is 90.4 Å². The maximum atomic E-state index is 13.4. The zero-order valence-corrected chi connectivity index (χ0v) is 20.6. The van der Waals surface area contributed by atoms with Crippen molar-refractivity contribution in [3.8, 4) is 5.75 Å². The van der Waals surface area contributed by atoms with Crippen molar-refractivity contribution in [3.05, 3.63) is 54.1 Å². The molecule has 2 aromatic rings. The van der Waals surface area contributed by atoms with E-state index in [0.29, 0.717) is 17.9 Å². The van der Waals surface area contributed by atoms with Crippen LogP contribution in [-0.2, 0) is 10.0 Å². The normalized spacial score (nSPS) is 20.0. The first-order valence-electron chi connectivity index (χ1n) is 11.0. The number of aliphatic hydroxyl groups excluding tert-OH is 1. The molecule has 0 spiro atoms. The molecule has 1 heterocycles. The van der Waals surface area contributed by atoms with Gasteiger partial charge < -0.3 is 19.6 Å². The molecule has 1 amide bonds. The van der Waals surface area contributed by atoms with E-state index in [0.717, 1.165) is 5.69 Å². The summed E-state index contributed by atoms with van der Waals surface area (Å²) in [7, 11) is 1.61. The van der Waals surface area contributed by atoms with Crippen molar-refractivity contribution >= 4 is 21.6 Å². The zero-order valence-electron chi connectivity index (χ0n) is 19.8. The highest BCUT2D eigenvalue weighted by atomic mass is 32.2. The van der Waals surface area contributed by atoms with Gasteiger partial charge in [0.2, 0.25) is 10.0 Å². The van der Waals surface area contributed by atoms with Crippen LogP contribution in [0.15, 0.2) is 53.4 Å². The second-order valence-electron chi connectivity index (χ2n) is 8.80. The number of amides is 1. The van der Waals surface area contributed by atoms with Crippen LogP contribution in [0.4, 0.5) is 5.69 Å². The molecule has 3 atom stereocenters. The smallest absolute Gasteiger partial charge is 0.258 e. The number of hydrogen-bond donors (Lipinski definition) is 1. The Kier molecular flexibility index (Phi) is 7.66. The van der Waals surface area contributed by atoms with E-state index in [1.807, 2.05) is 32.0 Å². The van der Waals surface area contributed by atoms with Crippen LogP contribution in [0.3, 0.4) is 0 Å². The van der Waals surface area contributed by atoms with Crippen LogP contribution in [0.25, 0.3) is 0 Å². The highest BCUT2D eigenvalue weighted by Crippen LogP contribution is 2.31. The van der Waals surface area contributed by atoms with E-state index in [-0.39, 0.29) is 35.9 Å². The largest absolute Gasteiger partial charge is 0.488 e. The number of likely N-dealkylation sites (N-methyl/N-ethyl adjacent to an activating group) is 1. The Balaban J connectivity index is 1.98. The van der Waals surface area contributed by atoms with E-state index < -0.39 is 16.1 Å². The van der Waals surface area contributed by atoms with Crippen LogP contribution in [0, 0.1) is 5.92 Å². The minimum absolute atomic E-state index is 0.114. The molecule has 1 aliphatic rings. The van der Waals surface area contributed by atoms with Crippen LogP contribution in [-0.4, -0.2) is 81.6 Å². The maximum absolute atomic E-state index is 13.4. The lowest BCUT2D eigenvalue weighted by atomic mass is 9.99. The molecule has 180 valence electrons. The molecule has 3 rings (SSSR count). The number of rotatable bonds is 7. The third kappa shape index (κ3) is 5.31. The first kappa shape index (κ1) is 25.0. The van der Waals surface area contributed by atoms with Crippen LogP contribution in [0.5, 0.6) is 5.75 Å². The molecule has 0 aliphatic carbocycles. The van der Waals surface area contributed by atoms with Crippen LogP contribution in [0.1, 0.15) is 24.2 Å². The first-order valence-corrected chi connectivity index (χ1v) is 12.4. The molecule has 0 saturated heterocycles. The van der Waals surface area contributed by atoms with Crippen LogP contribution < -0.4 is 9.64 Å². The Morgan fingerprint density at radius 1 is 1.15 bits per heavy atom. The predicted molar refractivity (Wildman–Crippen MR) is 128 cm³/mol. The van der Waals surface area contributed by atoms with Crippen LogP contribution >= 0.6 is 0 Å². The lowest BCUT2D eigenvalue weighted by Gasteiger charge is -2.38. The molecule has 33 heavy (non-hydrogen) atoms. The Hall–Kier alpha value is -2.62. The minimum Gasteiger partial charge on any atom is -0.488 e. The van der Waals surface area contributed by atoms with Gasteiger partial charge in [0, 0.05) is 39.3 Å².